The predicted molar refractivity (Wildman–Crippen MR) is 55.2 cm³/mol. The molecule has 0 aromatic carbocycles. The van der Waals surface area contributed by atoms with Gasteiger partial charge in [-0.3, -0.25) is 0 Å². The van der Waals surface area contributed by atoms with Crippen molar-refractivity contribution in [2.24, 2.45) is 17.8 Å². The Kier molecular flexibility index (Phi) is 4.11. The van der Waals surface area contributed by atoms with Crippen LogP contribution in [0.5, 0.6) is 0 Å². The molecule has 0 heterocycles. The Morgan fingerprint density at radius 2 is 1.67 bits per heavy atom. The lowest BCUT2D eigenvalue weighted by molar-refractivity contribution is 0.229. The molecule has 1 saturated carbocycles. The Morgan fingerprint density at radius 1 is 1.08 bits per heavy atom. The van der Waals surface area contributed by atoms with Crippen LogP contribution in [0.15, 0.2) is 0 Å². The summed E-state index contributed by atoms with van der Waals surface area (Å²) in [7, 11) is 0. The Morgan fingerprint density at radius 3 is 2.08 bits per heavy atom. The summed E-state index contributed by atoms with van der Waals surface area (Å²) in [5.41, 5.74) is 0. The van der Waals surface area contributed by atoms with E-state index in [1.807, 2.05) is 0 Å². The lowest BCUT2D eigenvalue weighted by Crippen LogP contribution is -2.18. The second-order valence-corrected chi connectivity index (χ2v) is 4.50. The molecule has 72 valence electrons. The van der Waals surface area contributed by atoms with Gasteiger partial charge in [0.2, 0.25) is 0 Å². The molecule has 0 spiro atoms. The smallest absolute Gasteiger partial charge is 0.0363 e. The highest BCUT2D eigenvalue weighted by Crippen LogP contribution is 2.37. The summed E-state index contributed by atoms with van der Waals surface area (Å²) in [5, 5.41) is 0. The Labute approximate surface area is 77.7 Å². The van der Waals surface area contributed by atoms with Crippen molar-refractivity contribution in [1.29, 1.82) is 0 Å². The van der Waals surface area contributed by atoms with E-state index in [9.17, 15) is 0 Å². The number of rotatable bonds is 4. The molecule has 12 heavy (non-hydrogen) atoms. The summed E-state index contributed by atoms with van der Waals surface area (Å²) in [6, 6.07) is 0. The molecule has 0 aromatic heterocycles. The highest BCUT2D eigenvalue weighted by atomic mass is 14.3. The van der Waals surface area contributed by atoms with Crippen LogP contribution in [0.1, 0.15) is 59.3 Å². The van der Waals surface area contributed by atoms with Crippen molar-refractivity contribution in [3.63, 3.8) is 0 Å². The maximum Gasteiger partial charge on any atom is -0.0363 e. The predicted octanol–water partition coefficient (Wildman–Crippen LogP) is 4.25. The van der Waals surface area contributed by atoms with Gasteiger partial charge in [0.25, 0.3) is 0 Å². The zero-order valence-corrected chi connectivity index (χ0v) is 8.97. The van der Waals surface area contributed by atoms with Crippen molar-refractivity contribution < 1.29 is 0 Å². The molecule has 1 fully saturated rings. The molecule has 0 bridgehead atoms. The van der Waals surface area contributed by atoms with Crippen molar-refractivity contribution in [3.05, 3.63) is 0 Å². The van der Waals surface area contributed by atoms with Crippen molar-refractivity contribution in [1.82, 2.24) is 0 Å². The van der Waals surface area contributed by atoms with Crippen molar-refractivity contribution in [2.75, 3.05) is 0 Å². The van der Waals surface area contributed by atoms with E-state index in [0.29, 0.717) is 0 Å². The first-order valence-corrected chi connectivity index (χ1v) is 5.79. The molecule has 0 aromatic rings. The van der Waals surface area contributed by atoms with Gasteiger partial charge >= 0.3 is 0 Å². The van der Waals surface area contributed by atoms with E-state index in [0.717, 1.165) is 17.8 Å². The van der Waals surface area contributed by atoms with E-state index in [1.165, 1.54) is 38.5 Å². The Balaban J connectivity index is 2.42. The zero-order valence-electron chi connectivity index (χ0n) is 8.97. The fourth-order valence-electron chi connectivity index (χ4n) is 2.89. The third-order valence-electron chi connectivity index (χ3n) is 3.85. The quantitative estimate of drug-likeness (QED) is 0.588. The van der Waals surface area contributed by atoms with Crippen LogP contribution in [-0.4, -0.2) is 0 Å². The molecule has 0 nitrogen and oxygen atoms in total. The fourth-order valence-corrected chi connectivity index (χ4v) is 2.89. The second kappa shape index (κ2) is 4.89. The Hall–Kier alpha value is 0. The molecule has 0 heteroatoms. The van der Waals surface area contributed by atoms with E-state index >= 15 is 0 Å². The molecule has 1 rings (SSSR count). The number of hydrogen-bond acceptors (Lipinski definition) is 0. The third-order valence-corrected chi connectivity index (χ3v) is 3.85. The molecule has 1 aliphatic rings. The van der Waals surface area contributed by atoms with Gasteiger partial charge in [-0.15, -0.1) is 0 Å². The van der Waals surface area contributed by atoms with Gasteiger partial charge in [-0.2, -0.15) is 0 Å². The fraction of sp³-hybridized carbons (Fsp3) is 1.00. The normalized spacial score (nSPS) is 24.2. The molecular weight excluding hydrogens is 144 g/mol. The zero-order chi connectivity index (χ0) is 8.97. The summed E-state index contributed by atoms with van der Waals surface area (Å²) in [6.07, 6.45) is 8.80. The molecule has 2 atom stereocenters. The first kappa shape index (κ1) is 10.1. The summed E-state index contributed by atoms with van der Waals surface area (Å²) in [6.45, 7) is 7.14. The van der Waals surface area contributed by atoms with E-state index in [4.69, 9.17) is 0 Å². The van der Waals surface area contributed by atoms with Crippen LogP contribution in [0, 0.1) is 17.8 Å². The van der Waals surface area contributed by atoms with Gasteiger partial charge in [0.05, 0.1) is 0 Å². The van der Waals surface area contributed by atoms with Crippen LogP contribution >= 0.6 is 0 Å². The van der Waals surface area contributed by atoms with Crippen molar-refractivity contribution in [2.45, 2.75) is 59.3 Å². The van der Waals surface area contributed by atoms with Gasteiger partial charge in [0.1, 0.15) is 0 Å². The average molecular weight is 168 g/mol. The topological polar surface area (TPSA) is 0 Å². The van der Waals surface area contributed by atoms with Crippen molar-refractivity contribution in [3.8, 4) is 0 Å². The van der Waals surface area contributed by atoms with Gasteiger partial charge in [-0.25, -0.2) is 0 Å². The van der Waals surface area contributed by atoms with Gasteiger partial charge in [0.15, 0.2) is 0 Å². The van der Waals surface area contributed by atoms with Crippen LogP contribution < -0.4 is 0 Å². The number of hydrogen-bond donors (Lipinski definition) is 0. The molecule has 1 aliphatic carbocycles. The minimum Gasteiger partial charge on any atom is -0.0651 e. The molecule has 0 radical (unpaired) electrons. The summed E-state index contributed by atoms with van der Waals surface area (Å²) < 4.78 is 0. The highest BCUT2D eigenvalue weighted by molar-refractivity contribution is 4.77. The van der Waals surface area contributed by atoms with E-state index in [1.54, 1.807) is 0 Å². The van der Waals surface area contributed by atoms with Crippen LogP contribution in [0.4, 0.5) is 0 Å². The lowest BCUT2D eigenvalue weighted by Gasteiger charge is -2.27. The van der Waals surface area contributed by atoms with E-state index < -0.39 is 0 Å². The van der Waals surface area contributed by atoms with Gasteiger partial charge < -0.3 is 0 Å². The van der Waals surface area contributed by atoms with Crippen LogP contribution in [0.2, 0.25) is 0 Å². The van der Waals surface area contributed by atoms with Gasteiger partial charge in [0, 0.05) is 0 Å². The monoisotopic (exact) mass is 168 g/mol. The van der Waals surface area contributed by atoms with Crippen molar-refractivity contribution >= 4 is 0 Å². The van der Waals surface area contributed by atoms with E-state index in [2.05, 4.69) is 20.8 Å². The lowest BCUT2D eigenvalue weighted by atomic mass is 9.78. The molecule has 0 amide bonds. The molecule has 2 unspecified atom stereocenters. The molecular formula is C12H24. The minimum atomic E-state index is 0.957. The van der Waals surface area contributed by atoms with E-state index in [-0.39, 0.29) is 0 Å². The second-order valence-electron chi connectivity index (χ2n) is 4.50. The SMILES string of the molecule is CCC(C)C(CC)C1CCCC1. The van der Waals surface area contributed by atoms with Crippen LogP contribution in [0.25, 0.3) is 0 Å². The maximum atomic E-state index is 2.44. The van der Waals surface area contributed by atoms with Gasteiger partial charge in [-0.05, 0) is 17.8 Å². The summed E-state index contributed by atoms with van der Waals surface area (Å²) in [5.74, 6) is 3.06. The molecule has 0 saturated heterocycles. The van der Waals surface area contributed by atoms with Crippen LogP contribution in [0.3, 0.4) is 0 Å². The first-order chi connectivity index (χ1) is 5.79. The summed E-state index contributed by atoms with van der Waals surface area (Å²) >= 11 is 0. The minimum absolute atomic E-state index is 0.957. The largest absolute Gasteiger partial charge is 0.0651 e. The average Bonchev–Trinajstić information content (AvgIpc) is 2.58. The van der Waals surface area contributed by atoms with Crippen LogP contribution in [-0.2, 0) is 0 Å². The standard InChI is InChI=1S/C12H24/c1-4-10(3)12(5-2)11-8-6-7-9-11/h10-12H,4-9H2,1-3H3. The van der Waals surface area contributed by atoms with Gasteiger partial charge in [-0.1, -0.05) is 59.3 Å². The Bertz CT molecular complexity index is 111. The third kappa shape index (κ3) is 2.24. The molecule has 0 aliphatic heterocycles. The molecule has 0 N–H and O–H groups in total. The first-order valence-electron chi connectivity index (χ1n) is 5.79. The summed E-state index contributed by atoms with van der Waals surface area (Å²) in [4.78, 5) is 0. The maximum absolute atomic E-state index is 2.44. The highest BCUT2D eigenvalue weighted by Gasteiger charge is 2.26.